The molecule has 1 aromatic rings. The Morgan fingerprint density at radius 3 is 2.73 bits per heavy atom. The first kappa shape index (κ1) is 17.0. The van der Waals surface area contributed by atoms with Crippen LogP contribution in [0.15, 0.2) is 24.3 Å². The molecule has 1 saturated heterocycles. The molecule has 1 aliphatic heterocycles. The molecular weight excluding hydrogens is 276 g/mol. The zero-order valence-electron chi connectivity index (χ0n) is 13.6. The largest absolute Gasteiger partial charge is 0.377 e. The Hall–Kier alpha value is -1.41. The third kappa shape index (κ3) is 5.42. The summed E-state index contributed by atoms with van der Waals surface area (Å²) in [4.78, 5) is 2.39. The second-order valence-electron chi connectivity index (χ2n) is 6.08. The molecular formula is C18H26N2O2. The number of hydrogen-bond donors (Lipinski definition) is 0. The van der Waals surface area contributed by atoms with Crippen molar-refractivity contribution in [1.29, 1.82) is 5.26 Å². The maximum absolute atomic E-state index is 8.84. The average Bonchev–Trinajstić information content (AvgIpc) is 3.04. The summed E-state index contributed by atoms with van der Waals surface area (Å²) in [7, 11) is 0. The van der Waals surface area contributed by atoms with Gasteiger partial charge >= 0.3 is 0 Å². The first-order valence-corrected chi connectivity index (χ1v) is 8.11. The SMILES string of the molecule is CC(C)N(CCOC[C@H]1CCCO1)Cc1ccc(C#N)cc1. The average molecular weight is 302 g/mol. The lowest BCUT2D eigenvalue weighted by molar-refractivity contribution is 0.00735. The number of rotatable bonds is 8. The minimum absolute atomic E-state index is 0.297. The zero-order valence-corrected chi connectivity index (χ0v) is 13.6. The predicted octanol–water partition coefficient (Wildman–Crippen LogP) is 2.96. The van der Waals surface area contributed by atoms with E-state index in [4.69, 9.17) is 14.7 Å². The number of nitriles is 1. The van der Waals surface area contributed by atoms with Gasteiger partial charge in [0.2, 0.25) is 0 Å². The van der Waals surface area contributed by atoms with Crippen LogP contribution in [0.5, 0.6) is 0 Å². The molecule has 0 bridgehead atoms. The van der Waals surface area contributed by atoms with Crippen LogP contribution in [0.25, 0.3) is 0 Å². The van der Waals surface area contributed by atoms with E-state index in [-0.39, 0.29) is 0 Å². The summed E-state index contributed by atoms with van der Waals surface area (Å²) in [5.41, 5.74) is 1.94. The van der Waals surface area contributed by atoms with Gasteiger partial charge in [0.1, 0.15) is 0 Å². The zero-order chi connectivity index (χ0) is 15.8. The molecule has 0 aromatic heterocycles. The quantitative estimate of drug-likeness (QED) is 0.693. The van der Waals surface area contributed by atoms with Gasteiger partial charge in [0.15, 0.2) is 0 Å². The van der Waals surface area contributed by atoms with E-state index in [9.17, 15) is 0 Å². The van der Waals surface area contributed by atoms with Crippen molar-refractivity contribution in [2.24, 2.45) is 0 Å². The smallest absolute Gasteiger partial charge is 0.0991 e. The van der Waals surface area contributed by atoms with E-state index in [0.29, 0.717) is 24.3 Å². The summed E-state index contributed by atoms with van der Waals surface area (Å²) < 4.78 is 11.3. The molecule has 0 spiro atoms. The van der Waals surface area contributed by atoms with E-state index < -0.39 is 0 Å². The molecule has 2 rings (SSSR count). The van der Waals surface area contributed by atoms with E-state index in [1.165, 1.54) is 5.56 Å². The van der Waals surface area contributed by atoms with E-state index in [1.54, 1.807) is 0 Å². The summed E-state index contributed by atoms with van der Waals surface area (Å²) in [5.74, 6) is 0. The highest BCUT2D eigenvalue weighted by Gasteiger charge is 2.16. The summed E-state index contributed by atoms with van der Waals surface area (Å²) in [6, 6.07) is 10.4. The van der Waals surface area contributed by atoms with Crippen LogP contribution in [0, 0.1) is 11.3 Å². The van der Waals surface area contributed by atoms with Crippen molar-refractivity contribution in [3.63, 3.8) is 0 Å². The molecule has 1 aliphatic rings. The number of ether oxygens (including phenoxy) is 2. The lowest BCUT2D eigenvalue weighted by Gasteiger charge is -2.26. The second-order valence-corrected chi connectivity index (χ2v) is 6.08. The van der Waals surface area contributed by atoms with Gasteiger partial charge in [-0.05, 0) is 44.4 Å². The molecule has 1 atom stereocenters. The Labute approximate surface area is 133 Å². The van der Waals surface area contributed by atoms with Crippen molar-refractivity contribution in [2.75, 3.05) is 26.4 Å². The topological polar surface area (TPSA) is 45.5 Å². The van der Waals surface area contributed by atoms with E-state index >= 15 is 0 Å². The number of benzene rings is 1. The minimum atomic E-state index is 0.297. The van der Waals surface area contributed by atoms with E-state index in [2.05, 4.69) is 24.8 Å². The highest BCUT2D eigenvalue weighted by molar-refractivity contribution is 5.31. The van der Waals surface area contributed by atoms with E-state index in [1.807, 2.05) is 24.3 Å². The molecule has 0 aliphatic carbocycles. The predicted molar refractivity (Wildman–Crippen MR) is 86.5 cm³/mol. The van der Waals surface area contributed by atoms with Crippen molar-refractivity contribution in [3.8, 4) is 6.07 Å². The van der Waals surface area contributed by atoms with Crippen molar-refractivity contribution in [1.82, 2.24) is 4.90 Å². The maximum atomic E-state index is 8.84. The standard InChI is InChI=1S/C18H26N2O2/c1-15(2)20(9-11-21-14-18-4-3-10-22-18)13-17-7-5-16(12-19)6-8-17/h5-8,15,18H,3-4,9-11,13-14H2,1-2H3/t18-/m1/s1. The Balaban J connectivity index is 1.75. The molecule has 0 saturated carbocycles. The molecule has 1 fully saturated rings. The third-order valence-corrected chi connectivity index (χ3v) is 4.05. The van der Waals surface area contributed by atoms with Gasteiger partial charge in [0.05, 0.1) is 31.0 Å². The lowest BCUT2D eigenvalue weighted by Crippen LogP contribution is -2.34. The van der Waals surface area contributed by atoms with Gasteiger partial charge in [-0.15, -0.1) is 0 Å². The minimum Gasteiger partial charge on any atom is -0.377 e. The van der Waals surface area contributed by atoms with Gasteiger partial charge < -0.3 is 9.47 Å². The molecule has 1 heterocycles. The summed E-state index contributed by atoms with van der Waals surface area (Å²) in [6.45, 7) is 8.51. The third-order valence-electron chi connectivity index (χ3n) is 4.05. The second kappa shape index (κ2) is 8.89. The molecule has 0 N–H and O–H groups in total. The van der Waals surface area contributed by atoms with Crippen LogP contribution in [-0.4, -0.2) is 43.4 Å². The molecule has 4 nitrogen and oxygen atoms in total. The van der Waals surface area contributed by atoms with Gasteiger partial charge in [-0.1, -0.05) is 12.1 Å². The maximum Gasteiger partial charge on any atom is 0.0991 e. The Kier molecular flexibility index (Phi) is 6.85. The monoisotopic (exact) mass is 302 g/mol. The molecule has 22 heavy (non-hydrogen) atoms. The van der Waals surface area contributed by atoms with Crippen LogP contribution in [-0.2, 0) is 16.0 Å². The Morgan fingerprint density at radius 2 is 2.14 bits per heavy atom. The summed E-state index contributed by atoms with van der Waals surface area (Å²) in [6.07, 6.45) is 2.58. The van der Waals surface area contributed by atoms with Gasteiger partial charge in [0.25, 0.3) is 0 Å². The van der Waals surface area contributed by atoms with E-state index in [0.717, 1.165) is 39.1 Å². The molecule has 0 radical (unpaired) electrons. The molecule has 1 aromatic carbocycles. The van der Waals surface area contributed by atoms with Crippen molar-refractivity contribution < 1.29 is 9.47 Å². The lowest BCUT2D eigenvalue weighted by atomic mass is 10.1. The van der Waals surface area contributed by atoms with Crippen LogP contribution in [0.1, 0.15) is 37.8 Å². The normalized spacial score (nSPS) is 18.0. The molecule has 0 amide bonds. The molecule has 0 unspecified atom stereocenters. The number of nitrogens with zero attached hydrogens (tertiary/aromatic N) is 2. The van der Waals surface area contributed by atoms with Crippen molar-refractivity contribution >= 4 is 0 Å². The van der Waals surface area contributed by atoms with Crippen LogP contribution < -0.4 is 0 Å². The fourth-order valence-electron chi connectivity index (χ4n) is 2.61. The highest BCUT2D eigenvalue weighted by Crippen LogP contribution is 2.13. The first-order valence-electron chi connectivity index (χ1n) is 8.11. The Morgan fingerprint density at radius 1 is 1.36 bits per heavy atom. The van der Waals surface area contributed by atoms with Gasteiger partial charge in [0, 0.05) is 25.7 Å². The van der Waals surface area contributed by atoms with Gasteiger partial charge in [-0.25, -0.2) is 0 Å². The van der Waals surface area contributed by atoms with Gasteiger partial charge in [-0.2, -0.15) is 5.26 Å². The number of hydrogen-bond acceptors (Lipinski definition) is 4. The van der Waals surface area contributed by atoms with Crippen LogP contribution in [0.4, 0.5) is 0 Å². The fraction of sp³-hybridized carbons (Fsp3) is 0.611. The van der Waals surface area contributed by atoms with Gasteiger partial charge in [-0.3, -0.25) is 4.90 Å². The van der Waals surface area contributed by atoms with Crippen molar-refractivity contribution in [3.05, 3.63) is 35.4 Å². The fourth-order valence-corrected chi connectivity index (χ4v) is 2.61. The van der Waals surface area contributed by atoms with Crippen LogP contribution in [0.2, 0.25) is 0 Å². The van der Waals surface area contributed by atoms with Crippen LogP contribution in [0.3, 0.4) is 0 Å². The summed E-state index contributed by atoms with van der Waals surface area (Å²) in [5, 5.41) is 8.84. The molecule has 4 heteroatoms. The van der Waals surface area contributed by atoms with Crippen LogP contribution >= 0.6 is 0 Å². The molecule has 120 valence electrons. The van der Waals surface area contributed by atoms with Crippen molar-refractivity contribution in [2.45, 2.75) is 45.4 Å². The highest BCUT2D eigenvalue weighted by atomic mass is 16.5. The Bertz CT molecular complexity index is 473. The summed E-state index contributed by atoms with van der Waals surface area (Å²) >= 11 is 0. The first-order chi connectivity index (χ1) is 10.7.